The number of ether oxygens (including phenoxy) is 2. The van der Waals surface area contributed by atoms with Crippen molar-refractivity contribution in [2.45, 2.75) is 30.4 Å². The van der Waals surface area contributed by atoms with Gasteiger partial charge in [-0.25, -0.2) is 0 Å². The van der Waals surface area contributed by atoms with Crippen molar-refractivity contribution in [1.82, 2.24) is 0 Å². The van der Waals surface area contributed by atoms with Crippen LogP contribution in [0, 0.1) is 6.92 Å². The third kappa shape index (κ3) is 6.29. The van der Waals surface area contributed by atoms with Crippen LogP contribution in [-0.2, 0) is 4.79 Å². The number of carbonyl (C=O) groups is 2. The number of anilines is 2. The number of aryl methyl sites for hydroxylation is 1. The number of rotatable bonds is 9. The highest BCUT2D eigenvalue weighted by Crippen LogP contribution is 2.32. The normalized spacial score (nSPS) is 11.4. The standard InChI is InChI=1S/C26H28N2O4S/c1-5-24(26(30)28-22-16-19(31-3)13-14-23(22)32-4)33-20-11-8-10-18(15-20)27-25(29)21-12-7-6-9-17(21)2/h6-16,24H,5H2,1-4H3,(H,27,29)(H,28,30). The van der Waals surface area contributed by atoms with Crippen molar-refractivity contribution in [1.29, 1.82) is 0 Å². The number of thioether (sulfide) groups is 1. The van der Waals surface area contributed by atoms with Gasteiger partial charge in [-0.3, -0.25) is 9.59 Å². The molecule has 1 atom stereocenters. The molecule has 0 aliphatic rings. The SMILES string of the molecule is CCC(Sc1cccc(NC(=O)c2ccccc2C)c1)C(=O)Nc1cc(OC)ccc1OC. The molecule has 0 saturated heterocycles. The van der Waals surface area contributed by atoms with Crippen molar-refractivity contribution in [3.63, 3.8) is 0 Å². The molecule has 172 valence electrons. The zero-order valence-electron chi connectivity index (χ0n) is 19.2. The predicted molar refractivity (Wildman–Crippen MR) is 134 cm³/mol. The highest BCUT2D eigenvalue weighted by Gasteiger charge is 2.20. The van der Waals surface area contributed by atoms with Gasteiger partial charge >= 0.3 is 0 Å². The van der Waals surface area contributed by atoms with E-state index in [4.69, 9.17) is 9.47 Å². The first-order valence-electron chi connectivity index (χ1n) is 10.6. The van der Waals surface area contributed by atoms with E-state index in [-0.39, 0.29) is 17.1 Å². The minimum Gasteiger partial charge on any atom is -0.497 e. The van der Waals surface area contributed by atoms with E-state index in [0.29, 0.717) is 34.9 Å². The van der Waals surface area contributed by atoms with Crippen LogP contribution in [0.4, 0.5) is 11.4 Å². The summed E-state index contributed by atoms with van der Waals surface area (Å²) < 4.78 is 10.6. The summed E-state index contributed by atoms with van der Waals surface area (Å²) in [6, 6.07) is 20.2. The molecular formula is C26H28N2O4S. The molecule has 3 rings (SSSR count). The summed E-state index contributed by atoms with van der Waals surface area (Å²) in [5.74, 6) is 0.891. The fourth-order valence-electron chi connectivity index (χ4n) is 3.28. The zero-order chi connectivity index (χ0) is 23.8. The van der Waals surface area contributed by atoms with Crippen molar-refractivity contribution in [3.8, 4) is 11.5 Å². The van der Waals surface area contributed by atoms with Crippen LogP contribution < -0.4 is 20.1 Å². The van der Waals surface area contributed by atoms with Gasteiger partial charge in [0.25, 0.3) is 5.91 Å². The van der Waals surface area contributed by atoms with Gasteiger partial charge in [-0.1, -0.05) is 31.2 Å². The van der Waals surface area contributed by atoms with E-state index in [1.165, 1.54) is 11.8 Å². The van der Waals surface area contributed by atoms with E-state index in [2.05, 4.69) is 10.6 Å². The lowest BCUT2D eigenvalue weighted by Crippen LogP contribution is -2.24. The Morgan fingerprint density at radius 1 is 0.939 bits per heavy atom. The summed E-state index contributed by atoms with van der Waals surface area (Å²) in [5, 5.41) is 5.56. The molecule has 3 aromatic carbocycles. The van der Waals surface area contributed by atoms with Crippen LogP contribution in [0.3, 0.4) is 0 Å². The largest absolute Gasteiger partial charge is 0.497 e. The molecule has 0 saturated carbocycles. The molecule has 6 nitrogen and oxygen atoms in total. The highest BCUT2D eigenvalue weighted by atomic mass is 32.2. The molecule has 0 aliphatic carbocycles. The van der Waals surface area contributed by atoms with E-state index in [0.717, 1.165) is 10.5 Å². The highest BCUT2D eigenvalue weighted by molar-refractivity contribution is 8.00. The summed E-state index contributed by atoms with van der Waals surface area (Å²) in [5.41, 5.74) is 2.78. The van der Waals surface area contributed by atoms with Crippen LogP contribution in [-0.4, -0.2) is 31.3 Å². The Hall–Kier alpha value is -3.45. The summed E-state index contributed by atoms with van der Waals surface area (Å²) in [6.07, 6.45) is 0.628. The Labute approximate surface area is 198 Å². The minimum atomic E-state index is -0.330. The second-order valence-corrected chi connectivity index (χ2v) is 8.64. The average molecular weight is 465 g/mol. The number of methoxy groups -OCH3 is 2. The van der Waals surface area contributed by atoms with Crippen LogP contribution in [0.25, 0.3) is 0 Å². The predicted octanol–water partition coefficient (Wildman–Crippen LogP) is 5.77. The number of nitrogens with one attached hydrogen (secondary N) is 2. The summed E-state index contributed by atoms with van der Waals surface area (Å²) in [4.78, 5) is 26.5. The van der Waals surface area contributed by atoms with Crippen LogP contribution in [0.2, 0.25) is 0 Å². The molecule has 2 amide bonds. The van der Waals surface area contributed by atoms with Crippen molar-refractivity contribution in [3.05, 3.63) is 77.9 Å². The van der Waals surface area contributed by atoms with E-state index in [9.17, 15) is 9.59 Å². The third-order valence-corrected chi connectivity index (χ3v) is 6.45. The fraction of sp³-hybridized carbons (Fsp3) is 0.231. The second-order valence-electron chi connectivity index (χ2n) is 7.37. The first-order chi connectivity index (χ1) is 15.9. The van der Waals surface area contributed by atoms with Crippen molar-refractivity contribution < 1.29 is 19.1 Å². The monoisotopic (exact) mass is 464 g/mol. The summed E-state index contributed by atoms with van der Waals surface area (Å²) >= 11 is 1.44. The quantitative estimate of drug-likeness (QED) is 0.393. The van der Waals surface area contributed by atoms with Gasteiger partial charge in [-0.05, 0) is 55.3 Å². The maximum absolute atomic E-state index is 13.0. The van der Waals surface area contributed by atoms with Crippen molar-refractivity contribution in [2.24, 2.45) is 0 Å². The maximum Gasteiger partial charge on any atom is 0.255 e. The Morgan fingerprint density at radius 2 is 1.73 bits per heavy atom. The average Bonchev–Trinajstić information content (AvgIpc) is 2.82. The molecule has 0 radical (unpaired) electrons. The molecular weight excluding hydrogens is 436 g/mol. The van der Waals surface area contributed by atoms with Crippen LogP contribution in [0.15, 0.2) is 71.6 Å². The van der Waals surface area contributed by atoms with Crippen molar-refractivity contribution >= 4 is 35.0 Å². The number of hydrogen-bond acceptors (Lipinski definition) is 5. The molecule has 0 aromatic heterocycles. The molecule has 2 N–H and O–H groups in total. The smallest absolute Gasteiger partial charge is 0.255 e. The molecule has 0 spiro atoms. The first kappa shape index (κ1) is 24.2. The van der Waals surface area contributed by atoms with Gasteiger partial charge in [-0.15, -0.1) is 11.8 Å². The van der Waals surface area contributed by atoms with Gasteiger partial charge in [0.15, 0.2) is 0 Å². The zero-order valence-corrected chi connectivity index (χ0v) is 20.0. The lowest BCUT2D eigenvalue weighted by Gasteiger charge is -2.17. The molecule has 0 bridgehead atoms. The van der Waals surface area contributed by atoms with Crippen LogP contribution in [0.1, 0.15) is 29.3 Å². The number of benzene rings is 3. The molecule has 7 heteroatoms. The molecule has 3 aromatic rings. The van der Waals surface area contributed by atoms with Gasteiger partial charge < -0.3 is 20.1 Å². The van der Waals surface area contributed by atoms with Gasteiger partial charge in [0, 0.05) is 22.2 Å². The second kappa shape index (κ2) is 11.4. The maximum atomic E-state index is 13.0. The van der Waals surface area contributed by atoms with Crippen LogP contribution in [0.5, 0.6) is 11.5 Å². The van der Waals surface area contributed by atoms with E-state index >= 15 is 0 Å². The number of carbonyl (C=O) groups excluding carboxylic acids is 2. The fourth-order valence-corrected chi connectivity index (χ4v) is 4.30. The Balaban J connectivity index is 1.71. The minimum absolute atomic E-state index is 0.136. The number of amides is 2. The Kier molecular flexibility index (Phi) is 8.38. The first-order valence-corrected chi connectivity index (χ1v) is 11.5. The van der Waals surface area contributed by atoms with Gasteiger partial charge in [0.2, 0.25) is 5.91 Å². The van der Waals surface area contributed by atoms with Crippen LogP contribution >= 0.6 is 11.8 Å². The molecule has 0 aliphatic heterocycles. The van der Waals surface area contributed by atoms with Gasteiger partial charge in [0.1, 0.15) is 11.5 Å². The lowest BCUT2D eigenvalue weighted by atomic mass is 10.1. The summed E-state index contributed by atoms with van der Waals surface area (Å²) in [7, 11) is 3.13. The molecule has 0 heterocycles. The molecule has 0 fully saturated rings. The topological polar surface area (TPSA) is 76.7 Å². The van der Waals surface area contributed by atoms with E-state index in [1.807, 2.05) is 56.3 Å². The third-order valence-electron chi connectivity index (χ3n) is 5.09. The van der Waals surface area contributed by atoms with E-state index < -0.39 is 0 Å². The Morgan fingerprint density at radius 3 is 2.42 bits per heavy atom. The molecule has 1 unspecified atom stereocenters. The Bertz CT molecular complexity index is 1130. The molecule has 33 heavy (non-hydrogen) atoms. The van der Waals surface area contributed by atoms with Gasteiger partial charge in [-0.2, -0.15) is 0 Å². The number of hydrogen-bond donors (Lipinski definition) is 2. The van der Waals surface area contributed by atoms with E-state index in [1.54, 1.807) is 38.5 Å². The van der Waals surface area contributed by atoms with Crippen molar-refractivity contribution in [2.75, 3.05) is 24.9 Å². The lowest BCUT2D eigenvalue weighted by molar-refractivity contribution is -0.115. The van der Waals surface area contributed by atoms with Gasteiger partial charge in [0.05, 0.1) is 25.2 Å². The summed E-state index contributed by atoms with van der Waals surface area (Å²) in [6.45, 7) is 3.87.